The molecule has 2 heterocycles. The Balaban J connectivity index is 1.95. The summed E-state index contributed by atoms with van der Waals surface area (Å²) >= 11 is 0. The summed E-state index contributed by atoms with van der Waals surface area (Å²) in [6.07, 6.45) is 0.863. The van der Waals surface area contributed by atoms with Gasteiger partial charge < -0.3 is 15.0 Å². The molecule has 1 aromatic carbocycles. The average molecular weight is 339 g/mol. The van der Waals surface area contributed by atoms with Crippen LogP contribution in [0, 0.1) is 0 Å². The lowest BCUT2D eigenvalue weighted by molar-refractivity contribution is 0.122. The molecule has 1 fully saturated rings. The van der Waals surface area contributed by atoms with Crippen molar-refractivity contribution in [2.75, 3.05) is 27.2 Å². The fourth-order valence-corrected chi connectivity index (χ4v) is 4.76. The van der Waals surface area contributed by atoms with Crippen LogP contribution in [0.1, 0.15) is 12.8 Å². The molecule has 8 heteroatoms. The molecule has 0 aromatic heterocycles. The van der Waals surface area contributed by atoms with Gasteiger partial charge in [0.05, 0.1) is 6.04 Å². The van der Waals surface area contributed by atoms with Gasteiger partial charge >= 0.3 is 6.03 Å². The van der Waals surface area contributed by atoms with E-state index in [0.29, 0.717) is 31.7 Å². The van der Waals surface area contributed by atoms with Crippen molar-refractivity contribution in [3.8, 4) is 5.75 Å². The van der Waals surface area contributed by atoms with Gasteiger partial charge in [0.25, 0.3) is 0 Å². The van der Waals surface area contributed by atoms with Gasteiger partial charge in [-0.15, -0.1) is 0 Å². The average Bonchev–Trinajstić information content (AvgIpc) is 2.79. The number of carbonyl (C=O) groups excluding carboxylic acids is 1. The Bertz CT molecular complexity index is 706. The molecule has 2 atom stereocenters. The van der Waals surface area contributed by atoms with Crippen molar-refractivity contribution in [1.82, 2.24) is 14.5 Å². The summed E-state index contributed by atoms with van der Waals surface area (Å²) in [5.74, 6) is 0.389. The number of hydrogen-bond donors (Lipinski definition) is 1. The summed E-state index contributed by atoms with van der Waals surface area (Å²) in [6, 6.07) is 6.28. The van der Waals surface area contributed by atoms with Gasteiger partial charge in [0.2, 0.25) is 10.0 Å². The van der Waals surface area contributed by atoms with E-state index in [2.05, 4.69) is 5.32 Å². The number of carbonyl (C=O) groups is 1. The highest BCUT2D eigenvalue weighted by molar-refractivity contribution is 7.89. The Morgan fingerprint density at radius 1 is 1.26 bits per heavy atom. The molecule has 1 N–H and O–H groups in total. The number of rotatable bonds is 0. The molecule has 0 saturated carbocycles. The molecule has 126 valence electrons. The van der Waals surface area contributed by atoms with Crippen molar-refractivity contribution in [2.24, 2.45) is 0 Å². The van der Waals surface area contributed by atoms with Gasteiger partial charge in [-0.25, -0.2) is 13.2 Å². The van der Waals surface area contributed by atoms with E-state index in [1.54, 1.807) is 43.3 Å². The molecule has 23 heavy (non-hydrogen) atoms. The summed E-state index contributed by atoms with van der Waals surface area (Å²) in [7, 11) is -0.415. The number of benzene rings is 1. The Morgan fingerprint density at radius 3 is 2.70 bits per heavy atom. The molecule has 0 aliphatic carbocycles. The highest BCUT2D eigenvalue weighted by Gasteiger charge is 2.41. The van der Waals surface area contributed by atoms with Crippen molar-refractivity contribution in [1.29, 1.82) is 0 Å². The van der Waals surface area contributed by atoms with Gasteiger partial charge in [-0.2, -0.15) is 4.31 Å². The van der Waals surface area contributed by atoms with Gasteiger partial charge in [-0.05, 0) is 18.6 Å². The van der Waals surface area contributed by atoms with Crippen molar-refractivity contribution >= 4 is 16.1 Å². The minimum absolute atomic E-state index is 0.146. The lowest BCUT2D eigenvalue weighted by Crippen LogP contribution is -2.44. The van der Waals surface area contributed by atoms with Crippen LogP contribution in [0.15, 0.2) is 29.2 Å². The molecule has 3 rings (SSSR count). The monoisotopic (exact) mass is 339 g/mol. The van der Waals surface area contributed by atoms with E-state index >= 15 is 0 Å². The first-order chi connectivity index (χ1) is 10.9. The van der Waals surface area contributed by atoms with E-state index in [9.17, 15) is 13.2 Å². The van der Waals surface area contributed by atoms with Crippen molar-refractivity contribution in [3.63, 3.8) is 0 Å². The van der Waals surface area contributed by atoms with Crippen LogP contribution in [0.4, 0.5) is 4.79 Å². The summed E-state index contributed by atoms with van der Waals surface area (Å²) in [5, 5.41) is 2.61. The number of para-hydroxylation sites is 1. The standard InChI is InChI=1S/C15H21N3O4S/c1-16-15(19)18-9-7-11-12(8-10-18)22-13-5-3-4-6-14(13)23(20,21)17(11)2/h3-6,11-12H,7-10H2,1-2H3,(H,16,19)/t11-,12-/m1/s1. The Morgan fingerprint density at radius 2 is 1.96 bits per heavy atom. The van der Waals surface area contributed by atoms with E-state index < -0.39 is 10.0 Å². The summed E-state index contributed by atoms with van der Waals surface area (Å²) in [5.41, 5.74) is 0. The lowest BCUT2D eigenvalue weighted by Gasteiger charge is -2.28. The zero-order valence-electron chi connectivity index (χ0n) is 13.2. The van der Waals surface area contributed by atoms with Gasteiger partial charge in [-0.1, -0.05) is 12.1 Å². The fourth-order valence-electron chi connectivity index (χ4n) is 3.23. The molecule has 7 nitrogen and oxygen atoms in total. The minimum atomic E-state index is -3.60. The third-order valence-electron chi connectivity index (χ3n) is 4.56. The van der Waals surface area contributed by atoms with E-state index in [0.717, 1.165) is 0 Å². The maximum Gasteiger partial charge on any atom is 0.317 e. The van der Waals surface area contributed by atoms with Gasteiger partial charge in [-0.3, -0.25) is 0 Å². The number of nitrogens with zero attached hydrogens (tertiary/aromatic N) is 2. The maximum atomic E-state index is 12.8. The SMILES string of the molecule is CNC(=O)N1CC[C@@H]2[C@@H](CC1)Oc1ccccc1S(=O)(=O)N2C. The van der Waals surface area contributed by atoms with Gasteiger partial charge in [0.15, 0.2) is 0 Å². The molecule has 1 aromatic rings. The van der Waals surface area contributed by atoms with E-state index in [-0.39, 0.29) is 23.1 Å². The van der Waals surface area contributed by atoms with Crippen LogP contribution in [0.5, 0.6) is 5.75 Å². The predicted molar refractivity (Wildman–Crippen MR) is 84.9 cm³/mol. The number of amides is 2. The van der Waals surface area contributed by atoms with Crippen LogP contribution in [0.2, 0.25) is 0 Å². The van der Waals surface area contributed by atoms with Crippen LogP contribution >= 0.6 is 0 Å². The summed E-state index contributed by atoms with van der Waals surface area (Å²) in [6.45, 7) is 1.04. The molecule has 2 aliphatic rings. The number of ether oxygens (including phenoxy) is 1. The first-order valence-electron chi connectivity index (χ1n) is 7.65. The van der Waals surface area contributed by atoms with Crippen molar-refractivity contribution < 1.29 is 17.9 Å². The molecule has 0 bridgehead atoms. The molecular weight excluding hydrogens is 318 g/mol. The van der Waals surface area contributed by atoms with Gasteiger partial charge in [0, 0.05) is 33.6 Å². The zero-order chi connectivity index (χ0) is 16.6. The second-order valence-electron chi connectivity index (χ2n) is 5.81. The normalized spacial score (nSPS) is 27.0. The molecule has 2 amide bonds. The van der Waals surface area contributed by atoms with Crippen LogP contribution < -0.4 is 10.1 Å². The predicted octanol–water partition coefficient (Wildman–Crippen LogP) is 0.872. The number of likely N-dealkylation sites (N-methyl/N-ethyl adjacent to an activating group) is 1. The topological polar surface area (TPSA) is 79.0 Å². The van der Waals surface area contributed by atoms with E-state index in [1.807, 2.05) is 0 Å². The van der Waals surface area contributed by atoms with E-state index in [4.69, 9.17) is 4.74 Å². The first kappa shape index (κ1) is 16.1. The number of nitrogens with one attached hydrogen (secondary N) is 1. The second kappa shape index (κ2) is 6.01. The highest BCUT2D eigenvalue weighted by Crippen LogP contribution is 2.35. The molecule has 0 spiro atoms. The third-order valence-corrected chi connectivity index (χ3v) is 6.48. The number of likely N-dealkylation sites (tertiary alicyclic amines) is 1. The second-order valence-corrected chi connectivity index (χ2v) is 7.78. The van der Waals surface area contributed by atoms with Crippen molar-refractivity contribution in [2.45, 2.75) is 29.9 Å². The lowest BCUT2D eigenvalue weighted by atomic mass is 10.1. The van der Waals surface area contributed by atoms with Crippen molar-refractivity contribution in [3.05, 3.63) is 24.3 Å². The largest absolute Gasteiger partial charge is 0.487 e. The minimum Gasteiger partial charge on any atom is -0.487 e. The molecule has 2 aliphatic heterocycles. The third kappa shape index (κ3) is 2.76. The molecule has 1 saturated heterocycles. The van der Waals surface area contributed by atoms with E-state index in [1.165, 1.54) is 4.31 Å². The van der Waals surface area contributed by atoms with Gasteiger partial charge in [0.1, 0.15) is 16.7 Å². The Labute approximate surface area is 136 Å². The number of sulfonamides is 1. The number of fused-ring (bicyclic) bond motifs is 2. The zero-order valence-corrected chi connectivity index (χ0v) is 14.0. The number of hydrogen-bond acceptors (Lipinski definition) is 4. The highest BCUT2D eigenvalue weighted by atomic mass is 32.2. The van der Waals surface area contributed by atoms with Crippen LogP contribution in [-0.4, -0.2) is 63.0 Å². The molecular formula is C15H21N3O4S. The van der Waals surface area contributed by atoms with Crippen LogP contribution in [-0.2, 0) is 10.0 Å². The molecule has 0 radical (unpaired) electrons. The molecule has 0 unspecified atom stereocenters. The van der Waals surface area contributed by atoms with Crippen LogP contribution in [0.3, 0.4) is 0 Å². The fraction of sp³-hybridized carbons (Fsp3) is 0.533. The smallest absolute Gasteiger partial charge is 0.317 e. The van der Waals surface area contributed by atoms with Crippen LogP contribution in [0.25, 0.3) is 0 Å². The number of urea groups is 1. The first-order valence-corrected chi connectivity index (χ1v) is 9.09. The maximum absolute atomic E-state index is 12.8. The Hall–Kier alpha value is -1.80. The Kier molecular flexibility index (Phi) is 4.20. The summed E-state index contributed by atoms with van der Waals surface area (Å²) in [4.78, 5) is 13.7. The summed E-state index contributed by atoms with van der Waals surface area (Å²) < 4.78 is 33.1. The quantitative estimate of drug-likeness (QED) is 0.761.